The molecule has 5 N–H and O–H groups in total. The molecule has 0 radical (unpaired) electrons. The van der Waals surface area contributed by atoms with E-state index >= 15 is 0 Å². The van der Waals surface area contributed by atoms with Crippen LogP contribution in [0.15, 0.2) is 6.07 Å². The summed E-state index contributed by atoms with van der Waals surface area (Å²) in [5.74, 6) is -2.22. The topological polar surface area (TPSA) is 139 Å². The molecule has 3 unspecified atom stereocenters. The number of hydrogen-bond acceptors (Lipinski definition) is 5. The average molecular weight is 408 g/mol. The Morgan fingerprint density at radius 3 is 2.76 bits per heavy atom. The minimum Gasteiger partial charge on any atom is -0.481 e. The lowest BCUT2D eigenvalue weighted by Gasteiger charge is -2.23. The van der Waals surface area contributed by atoms with Crippen molar-refractivity contribution in [1.29, 1.82) is 0 Å². The van der Waals surface area contributed by atoms with Crippen LogP contribution >= 0.6 is 0 Å². The van der Waals surface area contributed by atoms with E-state index in [1.807, 2.05) is 0 Å². The molecule has 0 aliphatic heterocycles. The SMILES string of the molecule is CCCCc1cc(C(=O)NC(CCCN)C(=O)NC2CCCC2C(=O)O)n(C)n1. The Morgan fingerprint density at radius 2 is 2.10 bits per heavy atom. The minimum absolute atomic E-state index is 0.363. The molecular weight excluding hydrogens is 374 g/mol. The summed E-state index contributed by atoms with van der Waals surface area (Å²) in [6.45, 7) is 2.49. The largest absolute Gasteiger partial charge is 0.481 e. The van der Waals surface area contributed by atoms with Gasteiger partial charge < -0.3 is 21.5 Å². The van der Waals surface area contributed by atoms with Crippen LogP contribution < -0.4 is 16.4 Å². The fourth-order valence-corrected chi connectivity index (χ4v) is 3.75. The molecule has 2 rings (SSSR count). The highest BCUT2D eigenvalue weighted by Crippen LogP contribution is 2.26. The lowest BCUT2D eigenvalue weighted by atomic mass is 10.0. The molecule has 1 aromatic heterocycles. The van der Waals surface area contributed by atoms with Crippen LogP contribution in [-0.2, 0) is 23.1 Å². The Bertz CT molecular complexity index is 718. The summed E-state index contributed by atoms with van der Waals surface area (Å²) < 4.78 is 1.52. The van der Waals surface area contributed by atoms with Gasteiger partial charge in [-0.3, -0.25) is 19.1 Å². The summed E-state index contributed by atoms with van der Waals surface area (Å²) in [6.07, 6.45) is 5.73. The van der Waals surface area contributed by atoms with E-state index < -0.39 is 24.0 Å². The summed E-state index contributed by atoms with van der Waals surface area (Å²) >= 11 is 0. The zero-order chi connectivity index (χ0) is 21.4. The first kappa shape index (κ1) is 22.9. The molecule has 0 spiro atoms. The predicted octanol–water partition coefficient (Wildman–Crippen LogP) is 0.970. The number of carboxylic acids is 1. The molecule has 29 heavy (non-hydrogen) atoms. The molecule has 1 fully saturated rings. The zero-order valence-corrected chi connectivity index (χ0v) is 17.3. The number of nitrogens with zero attached hydrogens (tertiary/aromatic N) is 2. The maximum Gasteiger partial charge on any atom is 0.308 e. The number of carbonyl (C=O) groups is 3. The Morgan fingerprint density at radius 1 is 1.34 bits per heavy atom. The summed E-state index contributed by atoms with van der Waals surface area (Å²) in [6, 6.07) is 0.574. The summed E-state index contributed by atoms with van der Waals surface area (Å²) in [4.78, 5) is 36.9. The molecule has 0 aromatic carbocycles. The van der Waals surface area contributed by atoms with E-state index in [9.17, 15) is 19.5 Å². The smallest absolute Gasteiger partial charge is 0.308 e. The van der Waals surface area contributed by atoms with Crippen LogP contribution in [0.1, 0.15) is 68.1 Å². The van der Waals surface area contributed by atoms with Crippen LogP contribution in [0, 0.1) is 5.92 Å². The van der Waals surface area contributed by atoms with Crippen molar-refractivity contribution in [3.8, 4) is 0 Å². The summed E-state index contributed by atoms with van der Waals surface area (Å²) in [5, 5.41) is 19.3. The van der Waals surface area contributed by atoms with Crippen molar-refractivity contribution in [2.75, 3.05) is 6.54 Å². The van der Waals surface area contributed by atoms with E-state index in [0.29, 0.717) is 37.9 Å². The average Bonchev–Trinajstić information content (AvgIpc) is 3.29. The normalized spacial score (nSPS) is 19.7. The van der Waals surface area contributed by atoms with Gasteiger partial charge in [-0.05, 0) is 51.1 Å². The van der Waals surface area contributed by atoms with E-state index in [2.05, 4.69) is 22.7 Å². The molecule has 9 nitrogen and oxygen atoms in total. The molecule has 1 aromatic rings. The van der Waals surface area contributed by atoms with E-state index in [1.54, 1.807) is 13.1 Å². The number of nitrogens with one attached hydrogen (secondary N) is 2. The fraction of sp³-hybridized carbons (Fsp3) is 0.700. The third kappa shape index (κ3) is 6.28. The number of unbranched alkanes of at least 4 members (excludes halogenated alkanes) is 1. The molecular formula is C20H33N5O4. The first-order valence-electron chi connectivity index (χ1n) is 10.4. The van der Waals surface area contributed by atoms with Crippen molar-refractivity contribution in [2.24, 2.45) is 18.7 Å². The second-order valence-corrected chi connectivity index (χ2v) is 7.70. The monoisotopic (exact) mass is 407 g/mol. The zero-order valence-electron chi connectivity index (χ0n) is 17.3. The number of carbonyl (C=O) groups excluding carboxylic acids is 2. The molecule has 1 saturated carbocycles. The maximum absolute atomic E-state index is 12.8. The first-order valence-corrected chi connectivity index (χ1v) is 10.4. The molecule has 1 aliphatic carbocycles. The Labute approximate surface area is 171 Å². The Balaban J connectivity index is 2.05. The second kappa shape index (κ2) is 10.9. The van der Waals surface area contributed by atoms with Crippen LogP contribution in [0.2, 0.25) is 0 Å². The molecule has 9 heteroatoms. The lowest BCUT2D eigenvalue weighted by Crippen LogP contribution is -2.51. The Kier molecular flexibility index (Phi) is 8.63. The predicted molar refractivity (Wildman–Crippen MR) is 108 cm³/mol. The van der Waals surface area contributed by atoms with E-state index in [1.165, 1.54) is 4.68 Å². The van der Waals surface area contributed by atoms with Gasteiger partial charge in [0.2, 0.25) is 5.91 Å². The number of hydrogen-bond donors (Lipinski definition) is 4. The molecule has 1 aliphatic rings. The third-order valence-electron chi connectivity index (χ3n) is 5.43. The van der Waals surface area contributed by atoms with Gasteiger partial charge in [-0.1, -0.05) is 19.8 Å². The number of amides is 2. The first-order chi connectivity index (χ1) is 13.9. The highest BCUT2D eigenvalue weighted by molar-refractivity contribution is 5.96. The van der Waals surface area contributed by atoms with E-state index in [-0.39, 0.29) is 11.8 Å². The molecule has 162 valence electrons. The van der Waals surface area contributed by atoms with Crippen molar-refractivity contribution < 1.29 is 19.5 Å². The Hall–Kier alpha value is -2.42. The quantitative estimate of drug-likeness (QED) is 0.431. The van der Waals surface area contributed by atoms with Gasteiger partial charge in [0, 0.05) is 13.1 Å². The third-order valence-corrected chi connectivity index (χ3v) is 5.43. The highest BCUT2D eigenvalue weighted by Gasteiger charge is 2.35. The van der Waals surface area contributed by atoms with Gasteiger partial charge in [0.05, 0.1) is 11.6 Å². The van der Waals surface area contributed by atoms with Gasteiger partial charge in [-0.15, -0.1) is 0 Å². The van der Waals surface area contributed by atoms with Crippen LogP contribution in [0.4, 0.5) is 0 Å². The number of rotatable bonds is 11. The molecule has 0 saturated heterocycles. The maximum atomic E-state index is 12.8. The van der Waals surface area contributed by atoms with Crippen LogP contribution in [0.3, 0.4) is 0 Å². The highest BCUT2D eigenvalue weighted by atomic mass is 16.4. The number of aliphatic carboxylic acids is 1. The molecule has 3 atom stereocenters. The lowest BCUT2D eigenvalue weighted by molar-refractivity contribution is -0.142. The number of aromatic nitrogens is 2. The van der Waals surface area contributed by atoms with Crippen molar-refractivity contribution in [3.05, 3.63) is 17.5 Å². The number of aryl methyl sites for hydroxylation is 2. The van der Waals surface area contributed by atoms with Gasteiger partial charge in [0.15, 0.2) is 0 Å². The van der Waals surface area contributed by atoms with Crippen LogP contribution in [0.5, 0.6) is 0 Å². The van der Waals surface area contributed by atoms with E-state index in [0.717, 1.165) is 31.4 Å². The van der Waals surface area contributed by atoms with Gasteiger partial charge >= 0.3 is 5.97 Å². The number of carboxylic acid groups (broad SMARTS) is 1. The number of nitrogens with two attached hydrogens (primary N) is 1. The van der Waals surface area contributed by atoms with Gasteiger partial charge in [0.25, 0.3) is 5.91 Å². The molecule has 1 heterocycles. The second-order valence-electron chi connectivity index (χ2n) is 7.70. The van der Waals surface area contributed by atoms with Crippen molar-refractivity contribution >= 4 is 17.8 Å². The molecule has 0 bridgehead atoms. The molecule has 2 amide bonds. The van der Waals surface area contributed by atoms with Crippen LogP contribution in [-0.4, -0.2) is 51.3 Å². The van der Waals surface area contributed by atoms with Gasteiger partial charge in [0.1, 0.15) is 11.7 Å². The fourth-order valence-electron chi connectivity index (χ4n) is 3.75. The van der Waals surface area contributed by atoms with Crippen molar-refractivity contribution in [2.45, 2.75) is 70.4 Å². The summed E-state index contributed by atoms with van der Waals surface area (Å²) in [5.41, 5.74) is 6.82. The summed E-state index contributed by atoms with van der Waals surface area (Å²) in [7, 11) is 1.70. The van der Waals surface area contributed by atoms with Gasteiger partial charge in [-0.25, -0.2) is 0 Å². The van der Waals surface area contributed by atoms with Crippen molar-refractivity contribution in [3.63, 3.8) is 0 Å². The van der Waals surface area contributed by atoms with Crippen LogP contribution in [0.25, 0.3) is 0 Å². The minimum atomic E-state index is -0.898. The van der Waals surface area contributed by atoms with Crippen molar-refractivity contribution in [1.82, 2.24) is 20.4 Å². The standard InChI is InChI=1S/C20H33N5O4/c1-3-4-7-13-12-17(25(2)24-13)19(27)23-16(10-6-11-21)18(26)22-15-9-5-8-14(15)20(28)29/h12,14-16H,3-11,21H2,1-2H3,(H,22,26)(H,23,27)(H,28,29). The van der Waals surface area contributed by atoms with Gasteiger partial charge in [-0.2, -0.15) is 5.10 Å². The van der Waals surface area contributed by atoms with E-state index in [4.69, 9.17) is 5.73 Å².